The molecule has 6 nitrogen and oxygen atoms in total. The van der Waals surface area contributed by atoms with Gasteiger partial charge in [-0.3, -0.25) is 14.4 Å². The first-order valence-corrected chi connectivity index (χ1v) is 33.2. The van der Waals surface area contributed by atoms with Gasteiger partial charge in [-0.05, 0) is 116 Å². The van der Waals surface area contributed by atoms with Gasteiger partial charge in [-0.2, -0.15) is 0 Å². The predicted molar refractivity (Wildman–Crippen MR) is 348 cm³/mol. The lowest BCUT2D eigenvalue weighted by atomic mass is 10.0. The molecule has 0 aromatic rings. The minimum absolute atomic E-state index is 0.0934. The van der Waals surface area contributed by atoms with Crippen LogP contribution in [-0.2, 0) is 28.6 Å². The second-order valence-corrected chi connectivity index (χ2v) is 21.6. The van der Waals surface area contributed by atoms with Crippen LogP contribution >= 0.6 is 0 Å². The fourth-order valence-electron chi connectivity index (χ4n) is 9.00. The third-order valence-electron chi connectivity index (χ3n) is 13.9. The maximum absolute atomic E-state index is 12.9. The summed E-state index contributed by atoms with van der Waals surface area (Å²) in [4.78, 5) is 38.4. The molecule has 6 heteroatoms. The summed E-state index contributed by atoms with van der Waals surface area (Å²) < 4.78 is 16.9. The SMILES string of the molecule is CC/C=C\C/C=C\C/C=C\C/C=C\C/C=C\C/C=C\C/C=C\CCCCCC(=O)OCC(COC(=O)CCCCCCCCCCCCCCCCCC)OC(=O)CCCCCCCCCC/C=C\C/C=C\C/C=C\C/C=C\CC. The van der Waals surface area contributed by atoms with E-state index in [0.717, 1.165) is 141 Å². The molecule has 1 atom stereocenters. The summed E-state index contributed by atoms with van der Waals surface area (Å²) in [6, 6.07) is 0. The van der Waals surface area contributed by atoms with Gasteiger partial charge in [-0.15, -0.1) is 0 Å². The van der Waals surface area contributed by atoms with Crippen molar-refractivity contribution in [2.45, 2.75) is 303 Å². The van der Waals surface area contributed by atoms with Crippen molar-refractivity contribution < 1.29 is 28.6 Å². The maximum atomic E-state index is 12.9. The van der Waals surface area contributed by atoms with Crippen LogP contribution in [0.5, 0.6) is 0 Å². The van der Waals surface area contributed by atoms with E-state index in [1.807, 2.05) is 0 Å². The largest absolute Gasteiger partial charge is 0.462 e. The molecule has 0 aromatic carbocycles. The van der Waals surface area contributed by atoms with Gasteiger partial charge in [0.2, 0.25) is 0 Å². The van der Waals surface area contributed by atoms with E-state index in [0.29, 0.717) is 19.3 Å². The third-order valence-corrected chi connectivity index (χ3v) is 13.9. The molecule has 0 saturated heterocycles. The van der Waals surface area contributed by atoms with E-state index in [4.69, 9.17) is 14.2 Å². The highest BCUT2D eigenvalue weighted by Crippen LogP contribution is 2.16. The van der Waals surface area contributed by atoms with E-state index in [9.17, 15) is 14.4 Å². The fourth-order valence-corrected chi connectivity index (χ4v) is 9.00. The topological polar surface area (TPSA) is 78.9 Å². The molecule has 0 amide bonds. The molecule has 0 aromatic heterocycles. The Bertz CT molecular complexity index is 1700. The molecule has 1 unspecified atom stereocenters. The molecule has 0 bridgehead atoms. The Kier molecular flexibility index (Phi) is 63.3. The van der Waals surface area contributed by atoms with Crippen LogP contribution in [0, 0.1) is 0 Å². The summed E-state index contributed by atoms with van der Waals surface area (Å²) in [5.41, 5.74) is 0. The van der Waals surface area contributed by atoms with Crippen molar-refractivity contribution in [2.24, 2.45) is 0 Å². The molecule has 0 rings (SSSR count). The lowest BCUT2D eigenvalue weighted by Gasteiger charge is -2.18. The highest BCUT2D eigenvalue weighted by atomic mass is 16.6. The first-order chi connectivity index (χ1) is 39.5. The van der Waals surface area contributed by atoms with Gasteiger partial charge in [0.15, 0.2) is 6.10 Å². The van der Waals surface area contributed by atoms with Crippen molar-refractivity contribution in [2.75, 3.05) is 13.2 Å². The summed E-state index contributed by atoms with van der Waals surface area (Å²) in [5, 5.41) is 0. The molecular formula is C74H122O6. The number of ether oxygens (including phenoxy) is 3. The van der Waals surface area contributed by atoms with Crippen molar-refractivity contribution in [1.29, 1.82) is 0 Å². The summed E-state index contributed by atoms with van der Waals surface area (Å²) >= 11 is 0. The van der Waals surface area contributed by atoms with Gasteiger partial charge in [0.1, 0.15) is 13.2 Å². The molecule has 0 fully saturated rings. The van der Waals surface area contributed by atoms with Crippen molar-refractivity contribution in [3.05, 3.63) is 134 Å². The van der Waals surface area contributed by atoms with Crippen LogP contribution in [-0.4, -0.2) is 37.2 Å². The lowest BCUT2D eigenvalue weighted by molar-refractivity contribution is -0.167. The second kappa shape index (κ2) is 67.1. The molecule has 0 spiro atoms. The Labute approximate surface area is 494 Å². The van der Waals surface area contributed by atoms with E-state index in [1.54, 1.807) is 0 Å². The van der Waals surface area contributed by atoms with Crippen molar-refractivity contribution in [1.82, 2.24) is 0 Å². The summed E-state index contributed by atoms with van der Waals surface area (Å²) in [5.74, 6) is -0.929. The molecule has 0 aliphatic rings. The van der Waals surface area contributed by atoms with Crippen LogP contribution in [0.2, 0.25) is 0 Å². The summed E-state index contributed by atoms with van der Waals surface area (Å²) in [7, 11) is 0. The number of carbonyl (C=O) groups is 3. The van der Waals surface area contributed by atoms with Crippen LogP contribution < -0.4 is 0 Å². The Balaban J connectivity index is 4.47. The van der Waals surface area contributed by atoms with Crippen molar-refractivity contribution in [3.8, 4) is 0 Å². The van der Waals surface area contributed by atoms with Gasteiger partial charge in [-0.1, -0.05) is 296 Å². The van der Waals surface area contributed by atoms with Crippen LogP contribution in [0.15, 0.2) is 134 Å². The Hall–Kier alpha value is -4.45. The zero-order valence-corrected chi connectivity index (χ0v) is 52.0. The first kappa shape index (κ1) is 75.5. The van der Waals surface area contributed by atoms with E-state index in [2.05, 4.69) is 154 Å². The number of unbranched alkanes of at least 4 members (excludes halogenated alkanes) is 26. The number of hydrogen-bond donors (Lipinski definition) is 0. The van der Waals surface area contributed by atoms with Crippen LogP contribution in [0.4, 0.5) is 0 Å². The molecule has 0 aliphatic heterocycles. The van der Waals surface area contributed by atoms with E-state index >= 15 is 0 Å². The molecule has 0 saturated carbocycles. The fraction of sp³-hybridized carbons (Fsp3) is 0.662. The second-order valence-electron chi connectivity index (χ2n) is 21.6. The Morgan fingerprint density at radius 1 is 0.263 bits per heavy atom. The molecule has 80 heavy (non-hydrogen) atoms. The summed E-state index contributed by atoms with van der Waals surface area (Å²) in [6.07, 6.45) is 94.5. The smallest absolute Gasteiger partial charge is 0.306 e. The lowest BCUT2D eigenvalue weighted by Crippen LogP contribution is -2.30. The van der Waals surface area contributed by atoms with Crippen molar-refractivity contribution in [3.63, 3.8) is 0 Å². The Morgan fingerprint density at radius 3 is 0.775 bits per heavy atom. The zero-order chi connectivity index (χ0) is 57.8. The minimum atomic E-state index is -0.802. The minimum Gasteiger partial charge on any atom is -0.462 e. The molecule has 0 heterocycles. The molecule has 0 radical (unpaired) electrons. The van der Waals surface area contributed by atoms with E-state index in [-0.39, 0.29) is 31.1 Å². The summed E-state index contributed by atoms with van der Waals surface area (Å²) in [6.45, 7) is 6.40. The normalized spacial score (nSPS) is 13.0. The number of allylic oxidation sites excluding steroid dienone is 22. The van der Waals surface area contributed by atoms with Crippen LogP contribution in [0.1, 0.15) is 297 Å². The highest BCUT2D eigenvalue weighted by Gasteiger charge is 2.19. The number of carbonyl (C=O) groups excluding carboxylic acids is 3. The number of esters is 3. The Morgan fingerprint density at radius 2 is 0.487 bits per heavy atom. The third kappa shape index (κ3) is 64.4. The van der Waals surface area contributed by atoms with Gasteiger partial charge in [0.05, 0.1) is 0 Å². The van der Waals surface area contributed by atoms with Gasteiger partial charge in [0, 0.05) is 19.3 Å². The molecular weight excluding hydrogens is 985 g/mol. The average Bonchev–Trinajstić information content (AvgIpc) is 3.46. The molecule has 454 valence electrons. The standard InChI is InChI=1S/C74H122O6/c1-4-7-10-13-16-19-22-25-28-31-33-35-36-37-38-40-41-43-46-49-52-55-58-61-64-67-73(76)79-70-71(69-78-72(75)66-63-60-57-54-51-48-45-30-27-24-21-18-15-12-9-6-3)80-74(77)68-65-62-59-56-53-50-47-44-42-39-34-32-29-26-23-20-17-14-11-8-5-2/h7-8,10-11,16-17,19-20,25-26,28-29,33-35,37-39,41,43,49,52,71H,4-6,9,12-15,18,21-24,27,30-32,36,40,42,44-48,50-51,53-70H2,1-3H3/b10-7-,11-8-,19-16-,20-17-,28-25-,29-26-,35-33-,38-37-,39-34-,43-41-,52-49-. The number of hydrogen-bond acceptors (Lipinski definition) is 6. The maximum Gasteiger partial charge on any atom is 0.306 e. The number of rotatable bonds is 59. The highest BCUT2D eigenvalue weighted by molar-refractivity contribution is 5.71. The monoisotopic (exact) mass is 1110 g/mol. The van der Waals surface area contributed by atoms with Gasteiger partial charge >= 0.3 is 17.9 Å². The van der Waals surface area contributed by atoms with Gasteiger partial charge < -0.3 is 14.2 Å². The predicted octanol–water partition coefficient (Wildman–Crippen LogP) is 22.9. The van der Waals surface area contributed by atoms with E-state index in [1.165, 1.54) is 116 Å². The zero-order valence-electron chi connectivity index (χ0n) is 52.0. The van der Waals surface area contributed by atoms with Crippen LogP contribution in [0.3, 0.4) is 0 Å². The van der Waals surface area contributed by atoms with Crippen molar-refractivity contribution >= 4 is 17.9 Å². The average molecular weight is 1110 g/mol. The quantitative estimate of drug-likeness (QED) is 0.0261. The van der Waals surface area contributed by atoms with Crippen LogP contribution in [0.25, 0.3) is 0 Å². The van der Waals surface area contributed by atoms with Gasteiger partial charge in [0.25, 0.3) is 0 Å². The first-order valence-electron chi connectivity index (χ1n) is 33.2. The van der Waals surface area contributed by atoms with Gasteiger partial charge in [-0.25, -0.2) is 0 Å². The van der Waals surface area contributed by atoms with E-state index < -0.39 is 6.10 Å². The molecule has 0 N–H and O–H groups in total. The molecule has 0 aliphatic carbocycles.